The minimum atomic E-state index is -4.02. The van der Waals surface area contributed by atoms with Gasteiger partial charge < -0.3 is 24.6 Å². The van der Waals surface area contributed by atoms with Gasteiger partial charge >= 0.3 is 6.09 Å². The number of amides is 1. The zero-order valence-electron chi connectivity index (χ0n) is 18.0. The van der Waals surface area contributed by atoms with Crippen LogP contribution in [0.2, 0.25) is 0 Å². The molecule has 166 valence electrons. The van der Waals surface area contributed by atoms with Gasteiger partial charge in [-0.25, -0.2) is 13.2 Å². The van der Waals surface area contributed by atoms with Crippen LogP contribution in [0, 0.1) is 6.92 Å². The molecule has 1 aliphatic heterocycles. The van der Waals surface area contributed by atoms with Crippen LogP contribution in [0.1, 0.15) is 40.2 Å². The monoisotopic (exact) mass is 439 g/mol. The third kappa shape index (κ3) is 4.69. The maximum atomic E-state index is 13.3. The Morgan fingerprint density at radius 1 is 1.17 bits per heavy atom. The first-order valence-electron chi connectivity index (χ1n) is 9.76. The van der Waals surface area contributed by atoms with Crippen LogP contribution < -0.4 is 5.32 Å². The van der Waals surface area contributed by atoms with Gasteiger partial charge in [-0.3, -0.25) is 0 Å². The van der Waals surface area contributed by atoms with Crippen LogP contribution in [-0.2, 0) is 24.0 Å². The normalized spacial score (nSPS) is 28.4. The van der Waals surface area contributed by atoms with Crippen LogP contribution in [0.3, 0.4) is 0 Å². The third-order valence-electron chi connectivity index (χ3n) is 4.80. The highest BCUT2D eigenvalue weighted by Gasteiger charge is 2.53. The summed E-state index contributed by atoms with van der Waals surface area (Å²) in [5.74, 6) is -1.01. The topological polar surface area (TPSA) is 111 Å². The van der Waals surface area contributed by atoms with E-state index in [0.717, 1.165) is 5.56 Å². The van der Waals surface area contributed by atoms with Crippen molar-refractivity contribution in [2.24, 2.45) is 0 Å². The molecule has 1 fully saturated rings. The van der Waals surface area contributed by atoms with Crippen LogP contribution in [0.5, 0.6) is 0 Å². The van der Waals surface area contributed by atoms with Gasteiger partial charge in [0, 0.05) is 0 Å². The molecule has 9 heteroatoms. The molecule has 4 atom stereocenters. The molecule has 1 heterocycles. The van der Waals surface area contributed by atoms with E-state index in [1.165, 1.54) is 18.2 Å². The van der Waals surface area contributed by atoms with Crippen LogP contribution in [0.4, 0.5) is 4.79 Å². The lowest BCUT2D eigenvalue weighted by molar-refractivity contribution is -0.147. The summed E-state index contributed by atoms with van der Waals surface area (Å²) in [6.07, 6.45) is -2.50. The summed E-state index contributed by atoms with van der Waals surface area (Å²) in [4.78, 5) is 12.2. The summed E-state index contributed by atoms with van der Waals surface area (Å²) >= 11 is 0. The smallest absolute Gasteiger partial charge is 0.408 e. The zero-order valence-corrected chi connectivity index (χ0v) is 18.8. The number of alkyl carbamates (subject to hydrolysis) is 1. The van der Waals surface area contributed by atoms with Gasteiger partial charge in [0.1, 0.15) is 23.9 Å². The zero-order chi connectivity index (χ0) is 22.5. The highest BCUT2D eigenvalue weighted by atomic mass is 32.2. The molecule has 30 heavy (non-hydrogen) atoms. The molecule has 0 radical (unpaired) electrons. The summed E-state index contributed by atoms with van der Waals surface area (Å²) in [6, 6.07) is 5.25. The predicted octanol–water partition coefficient (Wildman–Crippen LogP) is 2.44. The third-order valence-corrected chi connectivity index (χ3v) is 6.69. The SMILES string of the molecule is Cc1ccc(S(=O)(=O)C2=C[C@@H]3OC(C)(C)O[C@@H]3[C@H](NC(=O)OC(C)(C)C)[C@H]2O)cc1. The van der Waals surface area contributed by atoms with Gasteiger partial charge in [-0.05, 0) is 59.8 Å². The molecule has 2 aliphatic rings. The van der Waals surface area contributed by atoms with E-state index < -0.39 is 51.7 Å². The first-order chi connectivity index (χ1) is 13.7. The Bertz CT molecular complexity index is 945. The average molecular weight is 440 g/mol. The Balaban J connectivity index is 1.98. The molecular weight excluding hydrogens is 410 g/mol. The molecule has 1 saturated heterocycles. The van der Waals surface area contributed by atoms with Crippen molar-refractivity contribution in [1.29, 1.82) is 0 Å². The molecule has 8 nitrogen and oxygen atoms in total. The Labute approximate surface area is 177 Å². The van der Waals surface area contributed by atoms with E-state index in [9.17, 15) is 18.3 Å². The highest BCUT2D eigenvalue weighted by Crippen LogP contribution is 2.39. The minimum absolute atomic E-state index is 0.0473. The molecular formula is C21H29NO7S. The summed E-state index contributed by atoms with van der Waals surface area (Å²) in [5, 5.41) is 13.6. The van der Waals surface area contributed by atoms with Crippen molar-refractivity contribution in [1.82, 2.24) is 5.32 Å². The molecule has 0 aromatic heterocycles. The maximum absolute atomic E-state index is 13.3. The van der Waals surface area contributed by atoms with Crippen molar-refractivity contribution in [2.45, 2.75) is 82.2 Å². The molecule has 1 aliphatic carbocycles. The van der Waals surface area contributed by atoms with Gasteiger partial charge in [0.25, 0.3) is 0 Å². The molecule has 0 bridgehead atoms. The second-order valence-electron chi connectivity index (χ2n) is 9.07. The Hall–Kier alpha value is -1.94. The van der Waals surface area contributed by atoms with Crippen LogP contribution >= 0.6 is 0 Å². The summed E-state index contributed by atoms with van der Waals surface area (Å²) in [5.41, 5.74) is 0.146. The molecule has 2 N–H and O–H groups in total. The van der Waals surface area contributed by atoms with E-state index >= 15 is 0 Å². The lowest BCUT2D eigenvalue weighted by Crippen LogP contribution is -2.58. The van der Waals surface area contributed by atoms with Crippen molar-refractivity contribution in [2.75, 3.05) is 0 Å². The molecule has 0 saturated carbocycles. The van der Waals surface area contributed by atoms with Gasteiger partial charge in [0.05, 0.1) is 15.8 Å². The molecule has 0 spiro atoms. The standard InChI is InChI=1S/C21H29NO7S/c1-12-7-9-13(10-8-12)30(25,26)15-11-14-18(28-21(5,6)27-14)16(17(15)23)22-19(24)29-20(2,3)4/h7-11,14,16-18,23H,1-6H3,(H,22,24)/t14-,16+,17-,18-/m0/s1. The first kappa shape index (κ1) is 22.7. The predicted molar refractivity (Wildman–Crippen MR) is 109 cm³/mol. The number of aryl methyl sites for hydroxylation is 1. The molecule has 1 aromatic rings. The maximum Gasteiger partial charge on any atom is 0.408 e. The van der Waals surface area contributed by atoms with Crippen molar-refractivity contribution >= 4 is 15.9 Å². The second kappa shape index (κ2) is 7.64. The minimum Gasteiger partial charge on any atom is -0.444 e. The average Bonchev–Trinajstić information content (AvgIpc) is 2.90. The van der Waals surface area contributed by atoms with E-state index in [1.54, 1.807) is 46.8 Å². The van der Waals surface area contributed by atoms with Gasteiger partial charge in [0.2, 0.25) is 9.84 Å². The summed E-state index contributed by atoms with van der Waals surface area (Å²) in [7, 11) is -4.02. The number of sulfone groups is 1. The number of aliphatic hydroxyl groups excluding tert-OH is 1. The quantitative estimate of drug-likeness (QED) is 0.744. The fourth-order valence-corrected chi connectivity index (χ4v) is 5.09. The molecule has 1 amide bonds. The summed E-state index contributed by atoms with van der Waals surface area (Å²) < 4.78 is 43.5. The van der Waals surface area contributed by atoms with Crippen molar-refractivity contribution in [3.8, 4) is 0 Å². The van der Waals surface area contributed by atoms with E-state index in [0.29, 0.717) is 0 Å². The van der Waals surface area contributed by atoms with E-state index in [4.69, 9.17) is 14.2 Å². The molecule has 0 unspecified atom stereocenters. The number of rotatable bonds is 3. The number of fused-ring (bicyclic) bond motifs is 1. The van der Waals surface area contributed by atoms with Crippen LogP contribution in [0.15, 0.2) is 40.1 Å². The highest BCUT2D eigenvalue weighted by molar-refractivity contribution is 7.95. The van der Waals surface area contributed by atoms with Crippen molar-refractivity contribution < 1.29 is 32.5 Å². The van der Waals surface area contributed by atoms with Gasteiger partial charge in [-0.15, -0.1) is 0 Å². The number of carbonyl (C=O) groups is 1. The lowest BCUT2D eigenvalue weighted by atomic mass is 9.93. The van der Waals surface area contributed by atoms with Crippen molar-refractivity contribution in [3.63, 3.8) is 0 Å². The van der Waals surface area contributed by atoms with Crippen LogP contribution in [-0.4, -0.2) is 55.4 Å². The first-order valence-corrected chi connectivity index (χ1v) is 11.2. The number of hydrogen-bond donors (Lipinski definition) is 2. The van der Waals surface area contributed by atoms with Crippen LogP contribution in [0.25, 0.3) is 0 Å². The van der Waals surface area contributed by atoms with E-state index in [2.05, 4.69) is 5.32 Å². The van der Waals surface area contributed by atoms with Gasteiger partial charge in [-0.2, -0.15) is 0 Å². The summed E-state index contributed by atoms with van der Waals surface area (Å²) in [6.45, 7) is 10.3. The Kier molecular flexibility index (Phi) is 5.79. The van der Waals surface area contributed by atoms with Gasteiger partial charge in [-0.1, -0.05) is 17.7 Å². The second-order valence-corrected chi connectivity index (χ2v) is 11.0. The number of carbonyl (C=O) groups excluding carboxylic acids is 1. The number of nitrogens with one attached hydrogen (secondary N) is 1. The fourth-order valence-electron chi connectivity index (χ4n) is 3.55. The largest absolute Gasteiger partial charge is 0.444 e. The van der Waals surface area contributed by atoms with E-state index in [-0.39, 0.29) is 9.80 Å². The molecule has 1 aromatic carbocycles. The number of aliphatic hydroxyl groups is 1. The fraction of sp³-hybridized carbons (Fsp3) is 0.571. The number of benzene rings is 1. The molecule has 3 rings (SSSR count). The lowest BCUT2D eigenvalue weighted by Gasteiger charge is -2.35. The Morgan fingerprint density at radius 2 is 1.77 bits per heavy atom. The number of hydrogen-bond acceptors (Lipinski definition) is 7. The van der Waals surface area contributed by atoms with Crippen molar-refractivity contribution in [3.05, 3.63) is 40.8 Å². The van der Waals surface area contributed by atoms with Gasteiger partial charge in [0.15, 0.2) is 5.79 Å². The van der Waals surface area contributed by atoms with E-state index in [1.807, 2.05) is 6.92 Å². The number of ether oxygens (including phenoxy) is 3. The Morgan fingerprint density at radius 3 is 2.33 bits per heavy atom.